The van der Waals surface area contributed by atoms with Crippen LogP contribution in [0.5, 0.6) is 5.75 Å². The largest absolute Gasteiger partial charge is 0.508 e. The van der Waals surface area contributed by atoms with Gasteiger partial charge < -0.3 is 5.11 Å². The minimum absolute atomic E-state index is 0.278. The Morgan fingerprint density at radius 3 is 1.74 bits per heavy atom. The van der Waals surface area contributed by atoms with Gasteiger partial charge in [0.15, 0.2) is 0 Å². The number of phenolic OH excluding ortho intramolecular Hbond substituents is 1. The molecule has 23 heavy (non-hydrogen) atoms. The lowest BCUT2D eigenvalue weighted by molar-refractivity contribution is 0.475. The van der Waals surface area contributed by atoms with E-state index in [0.717, 1.165) is 32.3 Å². The van der Waals surface area contributed by atoms with Gasteiger partial charge in [-0.3, -0.25) is 0 Å². The van der Waals surface area contributed by atoms with Crippen molar-refractivity contribution in [3.05, 3.63) is 71.4 Å². The van der Waals surface area contributed by atoms with E-state index in [-0.39, 0.29) is 5.75 Å². The molecule has 3 aromatic heterocycles. The van der Waals surface area contributed by atoms with Crippen LogP contribution in [0.4, 0.5) is 0 Å². The van der Waals surface area contributed by atoms with Crippen LogP contribution in [-0.4, -0.2) is 10.1 Å². The highest BCUT2D eigenvalue weighted by atomic mass is 32.1. The number of aromatic nitrogens is 1. The first-order valence-corrected chi connectivity index (χ1v) is 8.95. The lowest BCUT2D eigenvalue weighted by Gasteiger charge is -2.08. The van der Waals surface area contributed by atoms with Crippen LogP contribution in [0.25, 0.3) is 32.3 Å². The van der Waals surface area contributed by atoms with Crippen LogP contribution in [0.1, 0.15) is 0 Å². The standard InChI is InChI=1S/C19H13NOS2/c21-15-7-5-13(6-8-15)14-11-16(18-3-1-9-22-18)20-17(12-14)19-4-2-10-23-19/h1-12,21H. The highest BCUT2D eigenvalue weighted by molar-refractivity contribution is 7.13. The first-order chi connectivity index (χ1) is 11.3. The van der Waals surface area contributed by atoms with Gasteiger partial charge >= 0.3 is 0 Å². The molecular weight excluding hydrogens is 322 g/mol. The van der Waals surface area contributed by atoms with Gasteiger partial charge in [0.1, 0.15) is 5.75 Å². The average molecular weight is 335 g/mol. The second-order valence-corrected chi connectivity index (χ2v) is 7.02. The highest BCUT2D eigenvalue weighted by Crippen LogP contribution is 2.33. The third-order valence-corrected chi connectivity index (χ3v) is 5.36. The van der Waals surface area contributed by atoms with Crippen LogP contribution in [0.15, 0.2) is 71.4 Å². The van der Waals surface area contributed by atoms with Gasteiger partial charge in [-0.1, -0.05) is 24.3 Å². The van der Waals surface area contributed by atoms with Gasteiger partial charge in [-0.05, 0) is 58.3 Å². The molecule has 0 saturated carbocycles. The van der Waals surface area contributed by atoms with Gasteiger partial charge in [-0.15, -0.1) is 22.7 Å². The second kappa shape index (κ2) is 5.99. The number of rotatable bonds is 3. The normalized spacial score (nSPS) is 10.8. The van der Waals surface area contributed by atoms with E-state index in [0.29, 0.717) is 0 Å². The van der Waals surface area contributed by atoms with Crippen molar-refractivity contribution < 1.29 is 5.11 Å². The van der Waals surface area contributed by atoms with E-state index in [1.54, 1.807) is 34.8 Å². The molecule has 3 heterocycles. The molecule has 1 aromatic carbocycles. The molecule has 0 amide bonds. The van der Waals surface area contributed by atoms with Crippen molar-refractivity contribution >= 4 is 22.7 Å². The maximum absolute atomic E-state index is 9.50. The van der Waals surface area contributed by atoms with E-state index in [1.165, 1.54) is 0 Å². The molecule has 0 aliphatic heterocycles. The Labute approximate surface area is 142 Å². The van der Waals surface area contributed by atoms with E-state index in [4.69, 9.17) is 4.98 Å². The van der Waals surface area contributed by atoms with Crippen LogP contribution >= 0.6 is 22.7 Å². The zero-order valence-corrected chi connectivity index (χ0v) is 13.8. The molecule has 0 radical (unpaired) electrons. The van der Waals surface area contributed by atoms with Crippen molar-refractivity contribution in [2.24, 2.45) is 0 Å². The van der Waals surface area contributed by atoms with Crippen molar-refractivity contribution in [2.75, 3.05) is 0 Å². The van der Waals surface area contributed by atoms with Crippen LogP contribution in [0.2, 0.25) is 0 Å². The summed E-state index contributed by atoms with van der Waals surface area (Å²) in [5.41, 5.74) is 4.13. The van der Waals surface area contributed by atoms with Gasteiger partial charge in [-0.2, -0.15) is 0 Å². The molecule has 0 aliphatic rings. The van der Waals surface area contributed by atoms with Gasteiger partial charge in [-0.25, -0.2) is 4.98 Å². The molecular formula is C19H13NOS2. The summed E-state index contributed by atoms with van der Waals surface area (Å²) in [4.78, 5) is 7.14. The minimum Gasteiger partial charge on any atom is -0.508 e. The Hall–Kier alpha value is -2.43. The minimum atomic E-state index is 0.278. The summed E-state index contributed by atoms with van der Waals surface area (Å²) in [6.45, 7) is 0. The molecule has 0 saturated heterocycles. The van der Waals surface area contributed by atoms with Gasteiger partial charge in [0, 0.05) is 0 Å². The Bertz CT molecular complexity index is 858. The molecule has 0 unspecified atom stereocenters. The lowest BCUT2D eigenvalue weighted by atomic mass is 10.0. The maximum Gasteiger partial charge on any atom is 0.115 e. The van der Waals surface area contributed by atoms with Crippen molar-refractivity contribution in [3.63, 3.8) is 0 Å². The van der Waals surface area contributed by atoms with E-state index in [2.05, 4.69) is 35.0 Å². The molecule has 0 spiro atoms. The van der Waals surface area contributed by atoms with Crippen molar-refractivity contribution in [1.29, 1.82) is 0 Å². The summed E-state index contributed by atoms with van der Waals surface area (Å²) in [6.07, 6.45) is 0. The summed E-state index contributed by atoms with van der Waals surface area (Å²) in [7, 11) is 0. The molecule has 4 heteroatoms. The maximum atomic E-state index is 9.50. The summed E-state index contributed by atoms with van der Waals surface area (Å²) in [6, 6.07) is 19.8. The molecule has 2 nitrogen and oxygen atoms in total. The fourth-order valence-corrected chi connectivity index (χ4v) is 3.82. The quantitative estimate of drug-likeness (QED) is 0.505. The van der Waals surface area contributed by atoms with E-state index >= 15 is 0 Å². The summed E-state index contributed by atoms with van der Waals surface area (Å²) in [5, 5.41) is 13.6. The Morgan fingerprint density at radius 1 is 0.696 bits per heavy atom. The zero-order chi connectivity index (χ0) is 15.6. The Morgan fingerprint density at radius 2 is 1.26 bits per heavy atom. The molecule has 4 rings (SSSR count). The predicted molar refractivity (Wildman–Crippen MR) is 98.0 cm³/mol. The first kappa shape index (κ1) is 14.2. The predicted octanol–water partition coefficient (Wildman–Crippen LogP) is 5.91. The van der Waals surface area contributed by atoms with E-state index < -0.39 is 0 Å². The first-order valence-electron chi connectivity index (χ1n) is 7.19. The van der Waals surface area contributed by atoms with E-state index in [9.17, 15) is 5.11 Å². The highest BCUT2D eigenvalue weighted by Gasteiger charge is 2.10. The van der Waals surface area contributed by atoms with Crippen LogP contribution < -0.4 is 0 Å². The van der Waals surface area contributed by atoms with Crippen LogP contribution in [-0.2, 0) is 0 Å². The zero-order valence-electron chi connectivity index (χ0n) is 12.1. The molecule has 1 N–H and O–H groups in total. The molecule has 0 aliphatic carbocycles. The number of hydrogen-bond donors (Lipinski definition) is 1. The average Bonchev–Trinajstić information content (AvgIpc) is 3.29. The number of aromatic hydroxyl groups is 1. The fraction of sp³-hybridized carbons (Fsp3) is 0. The third-order valence-electron chi connectivity index (χ3n) is 3.57. The van der Waals surface area contributed by atoms with Crippen molar-refractivity contribution in [3.8, 4) is 38.0 Å². The fourth-order valence-electron chi connectivity index (χ4n) is 2.45. The summed E-state index contributed by atoms with van der Waals surface area (Å²) in [5.74, 6) is 0.278. The Balaban J connectivity index is 1.89. The molecule has 0 fully saturated rings. The number of hydrogen-bond acceptors (Lipinski definition) is 4. The summed E-state index contributed by atoms with van der Waals surface area (Å²) < 4.78 is 0. The van der Waals surface area contributed by atoms with Crippen molar-refractivity contribution in [2.45, 2.75) is 0 Å². The smallest absolute Gasteiger partial charge is 0.115 e. The molecule has 0 bridgehead atoms. The topological polar surface area (TPSA) is 33.1 Å². The number of thiophene rings is 2. The molecule has 0 atom stereocenters. The monoisotopic (exact) mass is 335 g/mol. The van der Waals surface area contributed by atoms with Gasteiger partial charge in [0.05, 0.1) is 21.1 Å². The van der Waals surface area contributed by atoms with Crippen LogP contribution in [0.3, 0.4) is 0 Å². The molecule has 4 aromatic rings. The number of phenols is 1. The van der Waals surface area contributed by atoms with Gasteiger partial charge in [0.2, 0.25) is 0 Å². The number of benzene rings is 1. The van der Waals surface area contributed by atoms with Crippen LogP contribution in [0, 0.1) is 0 Å². The van der Waals surface area contributed by atoms with Gasteiger partial charge in [0.25, 0.3) is 0 Å². The second-order valence-electron chi connectivity index (χ2n) is 5.13. The Kier molecular flexibility index (Phi) is 3.69. The van der Waals surface area contributed by atoms with Crippen molar-refractivity contribution in [1.82, 2.24) is 4.98 Å². The SMILES string of the molecule is Oc1ccc(-c2cc(-c3cccs3)nc(-c3cccs3)c2)cc1. The summed E-state index contributed by atoms with van der Waals surface area (Å²) >= 11 is 3.38. The number of pyridine rings is 1. The third kappa shape index (κ3) is 2.91. The lowest BCUT2D eigenvalue weighted by Crippen LogP contribution is -1.88. The number of nitrogens with zero attached hydrogens (tertiary/aromatic N) is 1. The molecule has 112 valence electrons. The van der Waals surface area contributed by atoms with E-state index in [1.807, 2.05) is 24.3 Å².